The van der Waals surface area contributed by atoms with Crippen molar-refractivity contribution in [1.29, 1.82) is 0 Å². The summed E-state index contributed by atoms with van der Waals surface area (Å²) >= 11 is 0. The van der Waals surface area contributed by atoms with Gasteiger partial charge in [0.25, 0.3) is 6.29 Å². The number of aliphatic carboxylic acids is 1. The number of likely N-dealkylation sites (N-methyl/N-ethyl adjacent to an activating group) is 1. The smallest absolute Gasteiger partial charge is 0.361 e. The molecule has 79 heavy (non-hydrogen) atoms. The Morgan fingerprint density at radius 2 is 0.684 bits per heavy atom. The first-order chi connectivity index (χ1) is 38.6. The molecular weight excluding hydrogens is 983 g/mol. The molecule has 2 atom stereocenters. The van der Waals surface area contributed by atoms with Crippen molar-refractivity contribution < 1.29 is 42.9 Å². The van der Waals surface area contributed by atoms with E-state index in [1.165, 1.54) is 77.0 Å². The van der Waals surface area contributed by atoms with E-state index in [-0.39, 0.29) is 38.6 Å². The monoisotopic (exact) mass is 1100 g/mol. The standard InChI is InChI=1S/C70H115NO8/c1-6-8-10-12-14-16-18-20-22-24-26-28-30-31-32-33-34-35-36-37-39-41-43-45-47-49-51-53-55-57-59-61-68(73)79-66(65-78-70(69(74)75)76-63-62-71(3,4)5)64-77-67(72)60-58-56-54-52-50-48-46-44-42-40-38-29-27-25-23-21-19-17-15-13-11-9-7-2/h8-11,14-17,20-23,26-29,31-32,34-35,40,42,66,70H,6-7,12-13,18-19,24-25,30,33,36-39,41,43-65H2,1-5H3/p+1/b10-8-,11-9-,16-14-,17-15-,22-20-,23-21-,28-26-,29-27-,32-31-,35-34-,42-40-. The van der Waals surface area contributed by atoms with Crippen LogP contribution in [0.5, 0.6) is 0 Å². The molecule has 2 unspecified atom stereocenters. The maximum atomic E-state index is 12.9. The molecule has 0 aliphatic heterocycles. The Labute approximate surface area is 484 Å². The fourth-order valence-electron chi connectivity index (χ4n) is 8.16. The van der Waals surface area contributed by atoms with Gasteiger partial charge in [0.05, 0.1) is 34.4 Å². The first-order valence-electron chi connectivity index (χ1n) is 31.3. The highest BCUT2D eigenvalue weighted by Crippen LogP contribution is 2.15. The molecule has 0 fully saturated rings. The number of nitrogens with zero attached hydrogens (tertiary/aromatic N) is 1. The number of carbonyl (C=O) groups excluding carboxylic acids is 2. The second-order valence-electron chi connectivity index (χ2n) is 21.6. The van der Waals surface area contributed by atoms with Crippen LogP contribution >= 0.6 is 0 Å². The van der Waals surface area contributed by atoms with Crippen molar-refractivity contribution in [3.8, 4) is 0 Å². The maximum absolute atomic E-state index is 12.9. The van der Waals surface area contributed by atoms with Crippen molar-refractivity contribution in [1.82, 2.24) is 0 Å². The number of carboxylic acids is 1. The first-order valence-corrected chi connectivity index (χ1v) is 31.3. The fraction of sp³-hybridized carbons (Fsp3) is 0.643. The van der Waals surface area contributed by atoms with Crippen molar-refractivity contribution in [2.45, 2.75) is 245 Å². The molecule has 0 aliphatic carbocycles. The molecule has 1 N–H and O–H groups in total. The SMILES string of the molecule is CC/C=C\C/C=C\C/C=C\C/C=C\C/C=C\C/C=C\CCCCCCCCCCCCCCC(=O)OC(COC(=O)CCCCCCCCC/C=C\C/C=C\C/C=C\C/C=C\C/C=C\CC)COC(OCC[N+](C)(C)C)C(=O)O. The molecule has 0 aliphatic rings. The van der Waals surface area contributed by atoms with Crippen LogP contribution in [0.3, 0.4) is 0 Å². The Morgan fingerprint density at radius 3 is 1.01 bits per heavy atom. The van der Waals surface area contributed by atoms with Crippen LogP contribution in [-0.2, 0) is 33.3 Å². The van der Waals surface area contributed by atoms with Gasteiger partial charge in [0.1, 0.15) is 13.2 Å². The average Bonchev–Trinajstić information content (AvgIpc) is 3.42. The molecule has 0 amide bonds. The Kier molecular flexibility index (Phi) is 56.1. The lowest BCUT2D eigenvalue weighted by atomic mass is 10.0. The molecule has 0 aromatic carbocycles. The highest BCUT2D eigenvalue weighted by Gasteiger charge is 2.25. The van der Waals surface area contributed by atoms with E-state index in [0.717, 1.165) is 122 Å². The van der Waals surface area contributed by atoms with Crippen molar-refractivity contribution >= 4 is 17.9 Å². The van der Waals surface area contributed by atoms with Gasteiger partial charge in [0, 0.05) is 12.8 Å². The average molecular weight is 1100 g/mol. The lowest BCUT2D eigenvalue weighted by molar-refractivity contribution is -0.870. The van der Waals surface area contributed by atoms with Gasteiger partial charge in [-0.15, -0.1) is 0 Å². The summed E-state index contributed by atoms with van der Waals surface area (Å²) in [6.45, 7) is 4.63. The minimum absolute atomic E-state index is 0.178. The molecule has 9 nitrogen and oxygen atoms in total. The Hall–Kier alpha value is -4.57. The third-order valence-electron chi connectivity index (χ3n) is 12.9. The van der Waals surface area contributed by atoms with E-state index in [0.29, 0.717) is 17.4 Å². The molecule has 0 saturated heterocycles. The second kappa shape index (κ2) is 59.5. The van der Waals surface area contributed by atoms with E-state index in [4.69, 9.17) is 18.9 Å². The van der Waals surface area contributed by atoms with Crippen molar-refractivity contribution in [2.75, 3.05) is 47.5 Å². The van der Waals surface area contributed by atoms with Gasteiger partial charge in [-0.2, -0.15) is 0 Å². The van der Waals surface area contributed by atoms with Crippen LogP contribution in [0.2, 0.25) is 0 Å². The Bertz CT molecular complexity index is 1750. The second-order valence-corrected chi connectivity index (χ2v) is 21.6. The third kappa shape index (κ3) is 60.9. The van der Waals surface area contributed by atoms with Crippen LogP contribution < -0.4 is 0 Å². The number of allylic oxidation sites excluding steroid dienone is 22. The summed E-state index contributed by atoms with van der Waals surface area (Å²) in [7, 11) is 5.96. The first kappa shape index (κ1) is 74.4. The van der Waals surface area contributed by atoms with E-state index in [9.17, 15) is 19.5 Å². The van der Waals surface area contributed by atoms with Crippen LogP contribution in [0, 0.1) is 0 Å². The maximum Gasteiger partial charge on any atom is 0.361 e. The summed E-state index contributed by atoms with van der Waals surface area (Å²) in [5.74, 6) is -2.03. The van der Waals surface area contributed by atoms with Gasteiger partial charge in [-0.25, -0.2) is 4.79 Å². The molecule has 448 valence electrons. The molecule has 9 heteroatoms. The van der Waals surface area contributed by atoms with Crippen LogP contribution in [0.1, 0.15) is 232 Å². The van der Waals surface area contributed by atoms with E-state index < -0.39 is 24.3 Å². The summed E-state index contributed by atoms with van der Waals surface area (Å²) in [6, 6.07) is 0. The van der Waals surface area contributed by atoms with Gasteiger partial charge >= 0.3 is 17.9 Å². The molecular formula is C70H116NO8+. The fourth-order valence-corrected chi connectivity index (χ4v) is 8.16. The Morgan fingerprint density at radius 1 is 0.380 bits per heavy atom. The minimum atomic E-state index is -1.52. The number of carbonyl (C=O) groups is 3. The zero-order valence-corrected chi connectivity index (χ0v) is 51.0. The number of carboxylic acid groups (broad SMARTS) is 1. The number of hydrogen-bond acceptors (Lipinski definition) is 7. The van der Waals surface area contributed by atoms with Crippen molar-refractivity contribution in [3.05, 3.63) is 134 Å². The molecule has 0 aromatic rings. The highest BCUT2D eigenvalue weighted by atomic mass is 16.7. The van der Waals surface area contributed by atoms with Gasteiger partial charge in [0.2, 0.25) is 0 Å². The lowest BCUT2D eigenvalue weighted by Crippen LogP contribution is -2.40. The zero-order chi connectivity index (χ0) is 57.6. The number of quaternary nitrogens is 1. The number of rotatable bonds is 56. The molecule has 0 aromatic heterocycles. The van der Waals surface area contributed by atoms with Gasteiger partial charge < -0.3 is 28.5 Å². The highest BCUT2D eigenvalue weighted by molar-refractivity contribution is 5.71. The number of unbranched alkanes of at least 4 members (excludes halogenated alkanes) is 19. The van der Waals surface area contributed by atoms with Crippen LogP contribution in [0.4, 0.5) is 0 Å². The summed E-state index contributed by atoms with van der Waals surface area (Å²) in [5.41, 5.74) is 0. The summed E-state index contributed by atoms with van der Waals surface area (Å²) in [4.78, 5) is 37.5. The van der Waals surface area contributed by atoms with E-state index in [1.54, 1.807) is 0 Å². The number of esters is 2. The predicted molar refractivity (Wildman–Crippen MR) is 336 cm³/mol. The number of ether oxygens (including phenoxy) is 4. The normalized spacial score (nSPS) is 13.7. The predicted octanol–water partition coefficient (Wildman–Crippen LogP) is 19.0. The largest absolute Gasteiger partial charge is 0.477 e. The van der Waals surface area contributed by atoms with E-state index in [2.05, 4.69) is 148 Å². The topological polar surface area (TPSA) is 108 Å². The summed E-state index contributed by atoms with van der Waals surface area (Å²) < 4.78 is 22.9. The van der Waals surface area contributed by atoms with Crippen molar-refractivity contribution in [2.24, 2.45) is 0 Å². The van der Waals surface area contributed by atoms with Crippen molar-refractivity contribution in [3.63, 3.8) is 0 Å². The molecule has 0 saturated carbocycles. The molecule has 0 heterocycles. The number of hydrogen-bond donors (Lipinski definition) is 1. The Balaban J connectivity index is 4.24. The zero-order valence-electron chi connectivity index (χ0n) is 51.0. The van der Waals surface area contributed by atoms with Gasteiger partial charge in [-0.05, 0) is 109 Å². The van der Waals surface area contributed by atoms with Crippen LogP contribution in [0.25, 0.3) is 0 Å². The minimum Gasteiger partial charge on any atom is -0.477 e. The quantitative estimate of drug-likeness (QED) is 0.0211. The van der Waals surface area contributed by atoms with E-state index in [1.807, 2.05) is 21.1 Å². The van der Waals surface area contributed by atoms with Crippen LogP contribution in [-0.4, -0.2) is 87.4 Å². The molecule has 0 radical (unpaired) electrons. The van der Waals surface area contributed by atoms with Gasteiger partial charge in [-0.3, -0.25) is 9.59 Å². The van der Waals surface area contributed by atoms with Crippen LogP contribution in [0.15, 0.2) is 134 Å². The molecule has 0 rings (SSSR count). The van der Waals surface area contributed by atoms with Gasteiger partial charge in [-0.1, -0.05) is 244 Å². The third-order valence-corrected chi connectivity index (χ3v) is 12.9. The summed E-state index contributed by atoms with van der Waals surface area (Å²) in [5, 5.41) is 9.73. The lowest BCUT2D eigenvalue weighted by Gasteiger charge is -2.25. The summed E-state index contributed by atoms with van der Waals surface area (Å²) in [6.07, 6.45) is 82.4. The van der Waals surface area contributed by atoms with Gasteiger partial charge in [0.15, 0.2) is 6.10 Å². The molecule has 0 bridgehead atoms. The van der Waals surface area contributed by atoms with E-state index >= 15 is 0 Å². The molecule has 0 spiro atoms.